The zero-order valence-electron chi connectivity index (χ0n) is 19.5. The second-order valence-corrected chi connectivity index (χ2v) is 8.72. The average Bonchev–Trinajstić information content (AvgIpc) is 3.38. The van der Waals surface area contributed by atoms with Crippen LogP contribution < -0.4 is 0 Å². The first kappa shape index (κ1) is 21.1. The van der Waals surface area contributed by atoms with E-state index in [1.807, 2.05) is 56.9 Å². The van der Waals surface area contributed by atoms with E-state index in [9.17, 15) is 4.79 Å². The number of rotatable bonds is 4. The van der Waals surface area contributed by atoms with Crippen LogP contribution in [0.25, 0.3) is 5.95 Å². The highest BCUT2D eigenvalue weighted by Crippen LogP contribution is 2.33. The summed E-state index contributed by atoms with van der Waals surface area (Å²) in [5.41, 5.74) is 6.74. The van der Waals surface area contributed by atoms with Gasteiger partial charge in [-0.25, -0.2) is 14.6 Å². The summed E-state index contributed by atoms with van der Waals surface area (Å²) in [7, 11) is 0. The molecule has 168 valence electrons. The summed E-state index contributed by atoms with van der Waals surface area (Å²) in [5, 5.41) is 4.68. The molecule has 4 aromatic rings. The molecule has 4 heterocycles. The van der Waals surface area contributed by atoms with Crippen LogP contribution in [0.3, 0.4) is 0 Å². The average molecular weight is 441 g/mol. The molecular formula is C26H28N6O. The Morgan fingerprint density at radius 1 is 0.970 bits per heavy atom. The topological polar surface area (TPSA) is 68.8 Å². The van der Waals surface area contributed by atoms with E-state index in [0.29, 0.717) is 18.9 Å². The van der Waals surface area contributed by atoms with Gasteiger partial charge < -0.3 is 9.47 Å². The molecule has 0 spiro atoms. The lowest BCUT2D eigenvalue weighted by atomic mass is 9.98. The van der Waals surface area contributed by atoms with Crippen molar-refractivity contribution in [3.63, 3.8) is 0 Å². The van der Waals surface area contributed by atoms with Gasteiger partial charge in [-0.3, -0.25) is 4.79 Å². The fourth-order valence-electron chi connectivity index (χ4n) is 4.82. The monoisotopic (exact) mass is 440 g/mol. The molecule has 0 saturated heterocycles. The van der Waals surface area contributed by atoms with Crippen molar-refractivity contribution in [2.24, 2.45) is 0 Å². The molecule has 7 nitrogen and oxygen atoms in total. The quantitative estimate of drug-likeness (QED) is 0.483. The number of nitrogens with zero attached hydrogens (tertiary/aromatic N) is 6. The Morgan fingerprint density at radius 3 is 2.42 bits per heavy atom. The minimum atomic E-state index is -0.0964. The summed E-state index contributed by atoms with van der Waals surface area (Å²) >= 11 is 0. The third-order valence-corrected chi connectivity index (χ3v) is 6.40. The highest BCUT2D eigenvalue weighted by Gasteiger charge is 2.32. The summed E-state index contributed by atoms with van der Waals surface area (Å²) in [6.45, 7) is 9.30. The van der Waals surface area contributed by atoms with Gasteiger partial charge in [0.05, 0.1) is 18.2 Å². The molecule has 1 amide bonds. The molecule has 1 aliphatic heterocycles. The number of carbonyl (C=O) groups excluding carboxylic acids is 1. The van der Waals surface area contributed by atoms with Gasteiger partial charge in [-0.1, -0.05) is 30.3 Å². The molecule has 5 rings (SSSR count). The van der Waals surface area contributed by atoms with Gasteiger partial charge in [0.25, 0.3) is 5.95 Å². The lowest BCUT2D eigenvalue weighted by molar-refractivity contribution is -0.133. The van der Waals surface area contributed by atoms with Gasteiger partial charge in [-0.05, 0) is 51.5 Å². The van der Waals surface area contributed by atoms with Crippen LogP contribution in [0.2, 0.25) is 0 Å². The normalized spacial score (nSPS) is 15.5. The van der Waals surface area contributed by atoms with Crippen molar-refractivity contribution >= 4 is 5.91 Å². The summed E-state index contributed by atoms with van der Waals surface area (Å²) in [4.78, 5) is 24.8. The molecule has 7 heteroatoms. The second kappa shape index (κ2) is 8.31. The first-order valence-corrected chi connectivity index (χ1v) is 11.3. The molecule has 0 fully saturated rings. The molecule has 3 aromatic heterocycles. The molecule has 1 aliphatic rings. The first-order valence-electron chi connectivity index (χ1n) is 11.3. The molecule has 33 heavy (non-hydrogen) atoms. The number of aryl methyl sites for hydroxylation is 3. The molecule has 1 aromatic carbocycles. The van der Waals surface area contributed by atoms with Crippen LogP contribution in [0.15, 0.2) is 54.7 Å². The van der Waals surface area contributed by atoms with Gasteiger partial charge in [0.2, 0.25) is 5.91 Å². The number of amides is 1. The molecule has 0 N–H and O–H groups in total. The van der Waals surface area contributed by atoms with Crippen molar-refractivity contribution < 1.29 is 4.79 Å². The van der Waals surface area contributed by atoms with E-state index in [1.54, 1.807) is 4.68 Å². The van der Waals surface area contributed by atoms with E-state index in [0.717, 1.165) is 46.1 Å². The van der Waals surface area contributed by atoms with Crippen LogP contribution in [0.4, 0.5) is 0 Å². The molecule has 0 radical (unpaired) electrons. The van der Waals surface area contributed by atoms with E-state index in [1.165, 1.54) is 0 Å². The highest BCUT2D eigenvalue weighted by molar-refractivity contribution is 5.80. The molecule has 0 aliphatic carbocycles. The maximum absolute atomic E-state index is 13.7. The van der Waals surface area contributed by atoms with Crippen molar-refractivity contribution in [3.8, 4) is 5.95 Å². The summed E-state index contributed by atoms with van der Waals surface area (Å²) in [6, 6.07) is 16.3. The van der Waals surface area contributed by atoms with E-state index in [4.69, 9.17) is 0 Å². The molecule has 0 saturated carbocycles. The SMILES string of the molecule is Cc1cc(C)nc(-n2nc(C)c(CC(=O)N3CCn4cccc4C3c3ccccc3)c2C)n1. The third-order valence-electron chi connectivity index (χ3n) is 6.40. The van der Waals surface area contributed by atoms with Gasteiger partial charge in [-0.15, -0.1) is 0 Å². The van der Waals surface area contributed by atoms with E-state index < -0.39 is 0 Å². The lowest BCUT2D eigenvalue weighted by Crippen LogP contribution is -2.43. The van der Waals surface area contributed by atoms with E-state index in [2.05, 4.69) is 50.1 Å². The maximum atomic E-state index is 13.7. The molecule has 1 unspecified atom stereocenters. The summed E-state index contributed by atoms with van der Waals surface area (Å²) < 4.78 is 4.00. The van der Waals surface area contributed by atoms with Crippen molar-refractivity contribution in [1.29, 1.82) is 0 Å². The van der Waals surface area contributed by atoms with Crippen LogP contribution in [-0.4, -0.2) is 41.7 Å². The Hall–Kier alpha value is -3.74. The van der Waals surface area contributed by atoms with Crippen molar-refractivity contribution in [3.05, 3.63) is 94.3 Å². The first-order chi connectivity index (χ1) is 15.9. The van der Waals surface area contributed by atoms with Crippen LogP contribution in [-0.2, 0) is 17.8 Å². The Labute approximate surface area is 193 Å². The standard InChI is InChI=1S/C26H28N6O/c1-17-15-18(2)28-26(27-17)32-20(4)22(19(3)29-32)16-24(33)31-14-13-30-12-8-11-23(30)25(31)21-9-6-5-7-10-21/h5-12,15,25H,13-14,16H2,1-4H3. The van der Waals surface area contributed by atoms with Crippen LogP contribution in [0.5, 0.6) is 0 Å². The predicted molar refractivity (Wildman–Crippen MR) is 126 cm³/mol. The fraction of sp³-hybridized carbons (Fsp3) is 0.308. The van der Waals surface area contributed by atoms with Gasteiger partial charge in [0.1, 0.15) is 0 Å². The maximum Gasteiger partial charge on any atom is 0.251 e. The van der Waals surface area contributed by atoms with Crippen LogP contribution in [0, 0.1) is 27.7 Å². The molecule has 0 bridgehead atoms. The third kappa shape index (κ3) is 3.84. The number of hydrogen-bond acceptors (Lipinski definition) is 4. The van der Waals surface area contributed by atoms with Gasteiger partial charge in [0.15, 0.2) is 0 Å². The van der Waals surface area contributed by atoms with Crippen molar-refractivity contribution in [2.45, 2.75) is 46.7 Å². The fourth-order valence-corrected chi connectivity index (χ4v) is 4.82. The van der Waals surface area contributed by atoms with Gasteiger partial charge in [-0.2, -0.15) is 5.10 Å². The largest absolute Gasteiger partial charge is 0.348 e. The van der Waals surface area contributed by atoms with Crippen molar-refractivity contribution in [1.82, 2.24) is 29.2 Å². The van der Waals surface area contributed by atoms with Gasteiger partial charge in [0, 0.05) is 47.6 Å². The number of fused-ring (bicyclic) bond motifs is 1. The lowest BCUT2D eigenvalue weighted by Gasteiger charge is -2.37. The molecular weight excluding hydrogens is 412 g/mol. The summed E-state index contributed by atoms with van der Waals surface area (Å²) in [6.07, 6.45) is 2.39. The highest BCUT2D eigenvalue weighted by atomic mass is 16.2. The Balaban J connectivity index is 1.48. The second-order valence-electron chi connectivity index (χ2n) is 8.72. The Kier molecular flexibility index (Phi) is 5.32. The molecule has 1 atom stereocenters. The number of benzene rings is 1. The Morgan fingerprint density at radius 2 is 1.70 bits per heavy atom. The van der Waals surface area contributed by atoms with Crippen molar-refractivity contribution in [2.75, 3.05) is 6.54 Å². The Bertz CT molecular complexity index is 1300. The van der Waals surface area contributed by atoms with Crippen LogP contribution in [0.1, 0.15) is 45.6 Å². The number of carbonyl (C=O) groups is 1. The van der Waals surface area contributed by atoms with Crippen LogP contribution >= 0.6 is 0 Å². The van der Waals surface area contributed by atoms with E-state index >= 15 is 0 Å². The minimum absolute atomic E-state index is 0.0964. The van der Waals surface area contributed by atoms with Gasteiger partial charge >= 0.3 is 0 Å². The zero-order valence-corrected chi connectivity index (χ0v) is 19.5. The smallest absolute Gasteiger partial charge is 0.251 e. The minimum Gasteiger partial charge on any atom is -0.348 e. The number of aromatic nitrogens is 5. The number of hydrogen-bond donors (Lipinski definition) is 0. The zero-order chi connectivity index (χ0) is 23.1. The summed E-state index contributed by atoms with van der Waals surface area (Å²) in [5.74, 6) is 0.646. The predicted octanol–water partition coefficient (Wildman–Crippen LogP) is 3.87. The van der Waals surface area contributed by atoms with E-state index in [-0.39, 0.29) is 11.9 Å².